The van der Waals surface area contributed by atoms with Gasteiger partial charge >= 0.3 is 0 Å². The molecule has 0 radical (unpaired) electrons. The van der Waals surface area contributed by atoms with E-state index >= 15 is 0 Å². The van der Waals surface area contributed by atoms with Crippen molar-refractivity contribution in [2.75, 3.05) is 14.1 Å². The minimum absolute atomic E-state index is 0.355. The van der Waals surface area contributed by atoms with Gasteiger partial charge in [0.15, 0.2) is 5.96 Å². The lowest BCUT2D eigenvalue weighted by Crippen LogP contribution is -2.30. The maximum absolute atomic E-state index is 5.95. The van der Waals surface area contributed by atoms with E-state index in [1.807, 2.05) is 33.2 Å². The second kappa shape index (κ2) is 4.78. The summed E-state index contributed by atoms with van der Waals surface area (Å²) in [5.74, 6) is 0.719. The van der Waals surface area contributed by atoms with Crippen LogP contribution in [0, 0.1) is 6.92 Å². The monoisotopic (exact) mass is 263 g/mol. The fraction of sp³-hybridized carbons (Fsp3) is 0.250. The van der Waals surface area contributed by atoms with E-state index in [0.29, 0.717) is 16.9 Å². The molecular weight excluding hydrogens is 250 g/mol. The Balaban J connectivity index is 2.56. The van der Waals surface area contributed by atoms with Gasteiger partial charge in [-0.2, -0.15) is 4.99 Å². The number of aryl methyl sites for hydroxylation is 1. The second-order valence-electron chi connectivity index (χ2n) is 4.13. The molecule has 0 spiro atoms. The van der Waals surface area contributed by atoms with Crippen LogP contribution in [0.2, 0.25) is 5.02 Å². The number of nitrogens with two attached hydrogens (primary N) is 1. The highest BCUT2D eigenvalue weighted by Gasteiger charge is 2.05. The maximum Gasteiger partial charge on any atom is 0.253 e. The zero-order valence-corrected chi connectivity index (χ0v) is 11.2. The van der Waals surface area contributed by atoms with Crippen molar-refractivity contribution >= 4 is 34.4 Å². The van der Waals surface area contributed by atoms with Gasteiger partial charge in [-0.3, -0.25) is 0 Å². The van der Waals surface area contributed by atoms with Crippen molar-refractivity contribution < 1.29 is 0 Å². The predicted octanol–water partition coefficient (Wildman–Crippen LogP) is 2.10. The van der Waals surface area contributed by atoms with Crippen molar-refractivity contribution in [3.8, 4) is 0 Å². The van der Waals surface area contributed by atoms with E-state index in [4.69, 9.17) is 17.3 Å². The van der Waals surface area contributed by atoms with Crippen molar-refractivity contribution in [3.05, 3.63) is 28.9 Å². The summed E-state index contributed by atoms with van der Waals surface area (Å²) >= 11 is 5.95. The van der Waals surface area contributed by atoms with Gasteiger partial charge in [0.2, 0.25) is 0 Å². The number of nitrogens with zero attached hydrogens (tertiary/aromatic N) is 4. The topological polar surface area (TPSA) is 67.4 Å². The fourth-order valence-electron chi connectivity index (χ4n) is 1.49. The molecule has 18 heavy (non-hydrogen) atoms. The number of aromatic nitrogens is 2. The molecule has 1 aromatic carbocycles. The van der Waals surface area contributed by atoms with Crippen LogP contribution in [0.3, 0.4) is 0 Å². The molecule has 0 unspecified atom stereocenters. The van der Waals surface area contributed by atoms with Gasteiger partial charge in [0.1, 0.15) is 0 Å². The van der Waals surface area contributed by atoms with Gasteiger partial charge in [-0.25, -0.2) is 9.97 Å². The van der Waals surface area contributed by atoms with Gasteiger partial charge < -0.3 is 10.6 Å². The van der Waals surface area contributed by atoms with Crippen molar-refractivity contribution in [1.29, 1.82) is 0 Å². The molecular formula is C12H14ClN5. The fourth-order valence-corrected chi connectivity index (χ4v) is 1.66. The SMILES string of the molecule is Cc1nc(/N=C(/N)N(C)C)nc2ccc(Cl)cc12. The molecule has 0 aliphatic carbocycles. The Hall–Kier alpha value is -1.88. The molecule has 0 amide bonds. The Labute approximate surface area is 110 Å². The quantitative estimate of drug-likeness (QED) is 0.632. The van der Waals surface area contributed by atoms with Crippen LogP contribution >= 0.6 is 11.6 Å². The molecule has 94 valence electrons. The van der Waals surface area contributed by atoms with E-state index in [0.717, 1.165) is 16.6 Å². The summed E-state index contributed by atoms with van der Waals surface area (Å²) in [6.07, 6.45) is 0. The molecule has 0 saturated heterocycles. The van der Waals surface area contributed by atoms with Gasteiger partial charge in [-0.1, -0.05) is 11.6 Å². The lowest BCUT2D eigenvalue weighted by molar-refractivity contribution is 0.614. The van der Waals surface area contributed by atoms with Crippen molar-refractivity contribution in [1.82, 2.24) is 14.9 Å². The van der Waals surface area contributed by atoms with Gasteiger partial charge in [0, 0.05) is 24.5 Å². The Morgan fingerprint density at radius 3 is 2.72 bits per heavy atom. The Morgan fingerprint density at radius 1 is 1.33 bits per heavy atom. The van der Waals surface area contributed by atoms with Crippen LogP contribution in [0.25, 0.3) is 10.9 Å². The molecule has 2 N–H and O–H groups in total. The highest BCUT2D eigenvalue weighted by atomic mass is 35.5. The molecule has 6 heteroatoms. The van der Waals surface area contributed by atoms with E-state index in [-0.39, 0.29) is 0 Å². The number of aliphatic imine (C=N–C) groups is 1. The smallest absolute Gasteiger partial charge is 0.253 e. The molecule has 0 fully saturated rings. The molecule has 1 aromatic heterocycles. The lowest BCUT2D eigenvalue weighted by atomic mass is 10.2. The second-order valence-corrected chi connectivity index (χ2v) is 4.57. The summed E-state index contributed by atoms with van der Waals surface area (Å²) in [5, 5.41) is 1.59. The number of hydrogen-bond acceptors (Lipinski definition) is 3. The molecule has 0 aliphatic heterocycles. The largest absolute Gasteiger partial charge is 0.369 e. The number of fused-ring (bicyclic) bond motifs is 1. The average Bonchev–Trinajstić information content (AvgIpc) is 2.30. The van der Waals surface area contributed by atoms with Crippen LogP contribution < -0.4 is 5.73 Å². The standard InChI is InChI=1S/C12H14ClN5/c1-7-9-6-8(13)4-5-10(9)16-12(15-7)17-11(14)18(2)3/h4-6H,1-3H3,(H2,14,15,16,17). The first-order valence-electron chi connectivity index (χ1n) is 5.43. The van der Waals surface area contributed by atoms with Crippen LogP contribution in [0.5, 0.6) is 0 Å². The van der Waals surface area contributed by atoms with Gasteiger partial charge in [0.05, 0.1) is 11.2 Å². The first kappa shape index (κ1) is 12.6. The van der Waals surface area contributed by atoms with Crippen molar-refractivity contribution in [2.24, 2.45) is 10.7 Å². The summed E-state index contributed by atoms with van der Waals surface area (Å²) in [7, 11) is 3.62. The minimum Gasteiger partial charge on any atom is -0.369 e. The molecule has 2 aromatic rings. The van der Waals surface area contributed by atoms with Crippen LogP contribution in [-0.4, -0.2) is 34.9 Å². The van der Waals surface area contributed by atoms with E-state index < -0.39 is 0 Å². The number of rotatable bonds is 1. The van der Waals surface area contributed by atoms with E-state index in [1.54, 1.807) is 11.0 Å². The number of halogens is 1. The minimum atomic E-state index is 0.355. The number of benzene rings is 1. The van der Waals surface area contributed by atoms with Crippen molar-refractivity contribution in [2.45, 2.75) is 6.92 Å². The molecule has 2 rings (SSSR count). The highest BCUT2D eigenvalue weighted by Crippen LogP contribution is 2.22. The van der Waals surface area contributed by atoms with Crippen LogP contribution in [0.4, 0.5) is 5.95 Å². The first-order valence-corrected chi connectivity index (χ1v) is 5.80. The van der Waals surface area contributed by atoms with Crippen molar-refractivity contribution in [3.63, 3.8) is 0 Å². The predicted molar refractivity (Wildman–Crippen MR) is 74.3 cm³/mol. The molecule has 0 atom stereocenters. The number of guanidine groups is 1. The molecule has 1 heterocycles. The summed E-state index contributed by atoms with van der Waals surface area (Å²) in [6, 6.07) is 5.48. The van der Waals surface area contributed by atoms with Gasteiger partial charge in [0.25, 0.3) is 5.95 Å². The third-order valence-electron chi connectivity index (χ3n) is 2.51. The molecule has 0 saturated carbocycles. The van der Waals surface area contributed by atoms with E-state index in [1.165, 1.54) is 0 Å². The summed E-state index contributed by atoms with van der Waals surface area (Å²) in [6.45, 7) is 1.89. The van der Waals surface area contributed by atoms with Crippen LogP contribution in [0.1, 0.15) is 5.69 Å². The van der Waals surface area contributed by atoms with Gasteiger partial charge in [-0.15, -0.1) is 0 Å². The molecule has 0 aliphatic rings. The molecule has 0 bridgehead atoms. The Morgan fingerprint density at radius 2 is 2.06 bits per heavy atom. The zero-order valence-electron chi connectivity index (χ0n) is 10.5. The average molecular weight is 264 g/mol. The lowest BCUT2D eigenvalue weighted by Gasteiger charge is -2.10. The first-order chi connectivity index (χ1) is 8.47. The summed E-state index contributed by atoms with van der Waals surface area (Å²) < 4.78 is 0. The summed E-state index contributed by atoms with van der Waals surface area (Å²) in [4.78, 5) is 14.5. The summed E-state index contributed by atoms with van der Waals surface area (Å²) in [5.41, 5.74) is 7.37. The highest BCUT2D eigenvalue weighted by molar-refractivity contribution is 6.31. The maximum atomic E-state index is 5.95. The van der Waals surface area contributed by atoms with E-state index in [9.17, 15) is 0 Å². The normalized spacial score (nSPS) is 11.9. The van der Waals surface area contributed by atoms with E-state index in [2.05, 4.69) is 15.0 Å². The third-order valence-corrected chi connectivity index (χ3v) is 2.74. The van der Waals surface area contributed by atoms with Gasteiger partial charge in [-0.05, 0) is 25.1 Å². The van der Waals surface area contributed by atoms with Crippen LogP contribution in [-0.2, 0) is 0 Å². The Kier molecular flexibility index (Phi) is 3.34. The van der Waals surface area contributed by atoms with Crippen LogP contribution in [0.15, 0.2) is 23.2 Å². The Bertz CT molecular complexity index is 621. The molecule has 5 nitrogen and oxygen atoms in total. The third kappa shape index (κ3) is 2.51. The number of hydrogen-bond donors (Lipinski definition) is 1. The zero-order chi connectivity index (χ0) is 13.3.